The molecule has 1 saturated carbocycles. The number of benzene rings is 2. The first-order valence-electron chi connectivity index (χ1n) is 8.86. The van der Waals surface area contributed by atoms with Gasteiger partial charge in [0, 0.05) is 17.5 Å². The highest BCUT2D eigenvalue weighted by Crippen LogP contribution is 2.35. The van der Waals surface area contributed by atoms with Crippen LogP contribution in [0.25, 0.3) is 17.1 Å². The van der Waals surface area contributed by atoms with Crippen LogP contribution in [0.2, 0.25) is 0 Å². The average molecular weight is 368 g/mol. The summed E-state index contributed by atoms with van der Waals surface area (Å²) in [6, 6.07) is 13.4. The summed E-state index contributed by atoms with van der Waals surface area (Å²) < 4.78 is 20.6. The highest BCUT2D eigenvalue weighted by Gasteiger charge is 2.35. The van der Waals surface area contributed by atoms with Crippen LogP contribution in [-0.2, 0) is 0 Å². The molecule has 2 aromatic carbocycles. The van der Waals surface area contributed by atoms with E-state index in [1.807, 2.05) is 24.3 Å². The van der Waals surface area contributed by atoms with Gasteiger partial charge < -0.3 is 15.6 Å². The number of aliphatic hydroxyl groups is 1. The molecule has 1 aliphatic rings. The minimum atomic E-state index is -0.561. The Bertz CT molecular complexity index is 931. The van der Waals surface area contributed by atoms with Gasteiger partial charge in [-0.25, -0.2) is 14.1 Å². The SMILES string of the molecule is COc1ccc(-n2nc(-c3cccc(F)c3)nc2[C@H]2C[C@@H](N)[C@H](O)C2)cc1. The summed E-state index contributed by atoms with van der Waals surface area (Å²) in [6.45, 7) is 0. The summed E-state index contributed by atoms with van der Waals surface area (Å²) in [5.41, 5.74) is 7.42. The number of aromatic nitrogens is 3. The largest absolute Gasteiger partial charge is 0.497 e. The minimum Gasteiger partial charge on any atom is -0.497 e. The summed E-state index contributed by atoms with van der Waals surface area (Å²) in [5.74, 6) is 1.53. The molecule has 3 atom stereocenters. The van der Waals surface area contributed by atoms with Gasteiger partial charge >= 0.3 is 0 Å². The summed E-state index contributed by atoms with van der Waals surface area (Å²) in [7, 11) is 1.61. The van der Waals surface area contributed by atoms with Crippen molar-refractivity contribution in [1.29, 1.82) is 0 Å². The van der Waals surface area contributed by atoms with Crippen LogP contribution in [0.1, 0.15) is 24.6 Å². The Morgan fingerprint density at radius 3 is 2.59 bits per heavy atom. The third-order valence-electron chi connectivity index (χ3n) is 4.97. The van der Waals surface area contributed by atoms with E-state index in [1.165, 1.54) is 12.1 Å². The van der Waals surface area contributed by atoms with Gasteiger partial charge in [-0.05, 0) is 49.2 Å². The van der Waals surface area contributed by atoms with Crippen LogP contribution in [0.5, 0.6) is 5.75 Å². The van der Waals surface area contributed by atoms with Crippen LogP contribution in [-0.4, -0.2) is 39.1 Å². The van der Waals surface area contributed by atoms with Crippen molar-refractivity contribution < 1.29 is 14.2 Å². The first kappa shape index (κ1) is 17.6. The van der Waals surface area contributed by atoms with Crippen molar-refractivity contribution in [2.45, 2.75) is 30.9 Å². The molecule has 4 rings (SSSR count). The number of hydrogen-bond acceptors (Lipinski definition) is 5. The topological polar surface area (TPSA) is 86.2 Å². The van der Waals surface area contributed by atoms with Crippen LogP contribution in [0, 0.1) is 5.82 Å². The molecule has 0 unspecified atom stereocenters. The second-order valence-corrected chi connectivity index (χ2v) is 6.81. The highest BCUT2D eigenvalue weighted by molar-refractivity contribution is 5.55. The number of aliphatic hydroxyl groups excluding tert-OH is 1. The predicted molar refractivity (Wildman–Crippen MR) is 99.3 cm³/mol. The molecule has 3 N–H and O–H groups in total. The van der Waals surface area contributed by atoms with Gasteiger partial charge in [0.25, 0.3) is 0 Å². The molecule has 0 amide bonds. The Balaban J connectivity index is 1.79. The number of ether oxygens (including phenoxy) is 1. The Hall–Kier alpha value is -2.77. The summed E-state index contributed by atoms with van der Waals surface area (Å²) in [6.07, 6.45) is 0.589. The second kappa shape index (κ2) is 7.09. The molecule has 0 bridgehead atoms. The molecule has 0 saturated heterocycles. The number of methoxy groups -OCH3 is 1. The summed E-state index contributed by atoms with van der Waals surface area (Å²) >= 11 is 0. The maximum Gasteiger partial charge on any atom is 0.181 e. The summed E-state index contributed by atoms with van der Waals surface area (Å²) in [4.78, 5) is 4.68. The first-order chi connectivity index (χ1) is 13.0. The Morgan fingerprint density at radius 2 is 1.96 bits per heavy atom. The van der Waals surface area contributed by atoms with Crippen molar-refractivity contribution in [3.8, 4) is 22.8 Å². The smallest absolute Gasteiger partial charge is 0.181 e. The van der Waals surface area contributed by atoms with E-state index in [4.69, 9.17) is 10.5 Å². The number of halogens is 1. The van der Waals surface area contributed by atoms with Crippen molar-refractivity contribution in [2.75, 3.05) is 7.11 Å². The molecule has 27 heavy (non-hydrogen) atoms. The van der Waals surface area contributed by atoms with Gasteiger partial charge in [0.05, 0.1) is 18.9 Å². The van der Waals surface area contributed by atoms with E-state index >= 15 is 0 Å². The molecule has 7 heteroatoms. The van der Waals surface area contributed by atoms with E-state index in [-0.39, 0.29) is 17.8 Å². The van der Waals surface area contributed by atoms with E-state index in [0.717, 1.165) is 11.4 Å². The molecule has 0 spiro atoms. The lowest BCUT2D eigenvalue weighted by Crippen LogP contribution is -2.28. The highest BCUT2D eigenvalue weighted by atomic mass is 19.1. The predicted octanol–water partition coefficient (Wildman–Crippen LogP) is 2.65. The molecule has 1 aromatic heterocycles. The molecule has 1 heterocycles. The third kappa shape index (κ3) is 3.43. The van der Waals surface area contributed by atoms with Crippen LogP contribution < -0.4 is 10.5 Å². The maximum absolute atomic E-state index is 13.6. The third-order valence-corrected chi connectivity index (χ3v) is 4.97. The van der Waals surface area contributed by atoms with E-state index in [1.54, 1.807) is 23.9 Å². The number of nitrogens with zero attached hydrogens (tertiary/aromatic N) is 3. The molecular weight excluding hydrogens is 347 g/mol. The molecule has 1 fully saturated rings. The Labute approximate surface area is 156 Å². The van der Waals surface area contributed by atoms with Crippen LogP contribution in [0.3, 0.4) is 0 Å². The van der Waals surface area contributed by atoms with Gasteiger partial charge in [-0.1, -0.05) is 12.1 Å². The van der Waals surface area contributed by atoms with Crippen LogP contribution in [0.4, 0.5) is 4.39 Å². The van der Waals surface area contributed by atoms with Gasteiger partial charge in [0.15, 0.2) is 5.82 Å². The fourth-order valence-electron chi connectivity index (χ4n) is 3.51. The molecule has 3 aromatic rings. The van der Waals surface area contributed by atoms with Crippen molar-refractivity contribution in [3.63, 3.8) is 0 Å². The maximum atomic E-state index is 13.6. The van der Waals surface area contributed by atoms with Crippen molar-refractivity contribution >= 4 is 0 Å². The Kier molecular flexibility index (Phi) is 4.63. The number of hydrogen-bond donors (Lipinski definition) is 2. The van der Waals surface area contributed by atoms with Gasteiger partial charge in [-0.15, -0.1) is 5.10 Å². The lowest BCUT2D eigenvalue weighted by Gasteiger charge is -2.11. The number of rotatable bonds is 4. The molecular formula is C20H21FN4O2. The molecule has 140 valence electrons. The molecule has 1 aliphatic carbocycles. The quantitative estimate of drug-likeness (QED) is 0.739. The zero-order chi connectivity index (χ0) is 19.0. The fourth-order valence-corrected chi connectivity index (χ4v) is 3.51. The molecule has 0 radical (unpaired) electrons. The number of nitrogens with two attached hydrogens (primary N) is 1. The van der Waals surface area contributed by atoms with Crippen molar-refractivity contribution in [2.24, 2.45) is 5.73 Å². The van der Waals surface area contributed by atoms with Crippen molar-refractivity contribution in [3.05, 3.63) is 60.2 Å². The van der Waals surface area contributed by atoms with E-state index in [9.17, 15) is 9.50 Å². The van der Waals surface area contributed by atoms with E-state index in [2.05, 4.69) is 10.1 Å². The van der Waals surface area contributed by atoms with E-state index in [0.29, 0.717) is 30.1 Å². The fraction of sp³-hybridized carbons (Fsp3) is 0.300. The van der Waals surface area contributed by atoms with Gasteiger partial charge in [-0.2, -0.15) is 0 Å². The van der Waals surface area contributed by atoms with Crippen molar-refractivity contribution in [1.82, 2.24) is 14.8 Å². The standard InChI is InChI=1S/C20H21FN4O2/c1-27-16-7-5-15(6-8-16)25-20(13-10-17(22)18(26)11-13)23-19(24-25)12-3-2-4-14(21)9-12/h2-9,13,17-18,26H,10-11,22H2,1H3/t13-,17+,18+/m0/s1. The normalized spacial score (nSPS) is 22.1. The summed E-state index contributed by atoms with van der Waals surface area (Å²) in [5, 5.41) is 14.7. The average Bonchev–Trinajstić information content (AvgIpc) is 3.26. The monoisotopic (exact) mass is 368 g/mol. The minimum absolute atomic E-state index is 0.0214. The zero-order valence-corrected chi connectivity index (χ0v) is 14.9. The Morgan fingerprint density at radius 1 is 1.19 bits per heavy atom. The van der Waals surface area contributed by atoms with E-state index < -0.39 is 6.10 Å². The molecule has 6 nitrogen and oxygen atoms in total. The lowest BCUT2D eigenvalue weighted by atomic mass is 10.1. The van der Waals surface area contributed by atoms with Gasteiger partial charge in [0.1, 0.15) is 17.4 Å². The van der Waals surface area contributed by atoms with Crippen LogP contribution in [0.15, 0.2) is 48.5 Å². The van der Waals surface area contributed by atoms with Crippen LogP contribution >= 0.6 is 0 Å². The van der Waals surface area contributed by atoms with Gasteiger partial charge in [-0.3, -0.25) is 0 Å². The zero-order valence-electron chi connectivity index (χ0n) is 14.9. The molecule has 0 aliphatic heterocycles. The lowest BCUT2D eigenvalue weighted by molar-refractivity contribution is 0.163. The first-order valence-corrected chi connectivity index (χ1v) is 8.86. The second-order valence-electron chi connectivity index (χ2n) is 6.81. The van der Waals surface area contributed by atoms with Gasteiger partial charge in [0.2, 0.25) is 0 Å².